The predicted molar refractivity (Wildman–Crippen MR) is 76.8 cm³/mol. The minimum atomic E-state index is -0.505. The first-order chi connectivity index (χ1) is 10.1. The van der Waals surface area contributed by atoms with Crippen LogP contribution in [0, 0.1) is 0 Å². The molecule has 6 heteroatoms. The van der Waals surface area contributed by atoms with Gasteiger partial charge < -0.3 is 14.6 Å². The second kappa shape index (κ2) is 9.20. The number of methoxy groups -OCH3 is 2. The van der Waals surface area contributed by atoms with E-state index in [1.54, 1.807) is 7.11 Å². The van der Waals surface area contributed by atoms with E-state index in [0.717, 1.165) is 18.7 Å². The van der Waals surface area contributed by atoms with Crippen LogP contribution in [0.1, 0.15) is 12.0 Å². The molecule has 5 nitrogen and oxygen atoms in total. The second-order valence-electron chi connectivity index (χ2n) is 5.02. The molecule has 1 aliphatic heterocycles. The quantitative estimate of drug-likeness (QED) is 0.349. The molecular weight excluding hydrogens is 293 g/mol. The first-order valence-corrected chi connectivity index (χ1v) is 6.96. The molecule has 1 aliphatic rings. The predicted octanol–water partition coefficient (Wildman–Crippen LogP) is -2.27. The van der Waals surface area contributed by atoms with E-state index in [1.807, 2.05) is 24.3 Å². The van der Waals surface area contributed by atoms with E-state index >= 15 is 0 Å². The zero-order valence-electron chi connectivity index (χ0n) is 13.4. The van der Waals surface area contributed by atoms with Gasteiger partial charge in [0.05, 0.1) is 13.1 Å². The van der Waals surface area contributed by atoms with E-state index in [9.17, 15) is 9.90 Å². The Balaban J connectivity index is 0.00000242. The first kappa shape index (κ1) is 19.0. The van der Waals surface area contributed by atoms with E-state index in [0.29, 0.717) is 19.5 Å². The van der Waals surface area contributed by atoms with Gasteiger partial charge in [-0.15, -0.1) is 0 Å². The first-order valence-electron chi connectivity index (χ1n) is 6.96. The van der Waals surface area contributed by atoms with Gasteiger partial charge in [0.1, 0.15) is 5.75 Å². The van der Waals surface area contributed by atoms with Crippen LogP contribution in [0.2, 0.25) is 0 Å². The number of piperidine rings is 1. The van der Waals surface area contributed by atoms with Gasteiger partial charge in [0.15, 0.2) is 5.78 Å². The van der Waals surface area contributed by atoms with Crippen LogP contribution in [0.4, 0.5) is 0 Å². The Bertz CT molecular complexity index is 527. The molecule has 1 aromatic carbocycles. The minimum absolute atomic E-state index is 0. The third kappa shape index (κ3) is 5.02. The third-order valence-electron chi connectivity index (χ3n) is 3.68. The maximum absolute atomic E-state index is 11.7. The van der Waals surface area contributed by atoms with Crippen LogP contribution in [0.25, 0.3) is 0 Å². The second-order valence-corrected chi connectivity index (χ2v) is 5.02. The van der Waals surface area contributed by atoms with E-state index in [-0.39, 0.29) is 40.9 Å². The molecule has 1 fully saturated rings. The molecule has 0 radical (unpaired) electrons. The van der Waals surface area contributed by atoms with Crippen molar-refractivity contribution in [1.29, 1.82) is 0 Å². The van der Waals surface area contributed by atoms with Crippen LogP contribution in [0.5, 0.6) is 5.75 Å². The van der Waals surface area contributed by atoms with Gasteiger partial charge in [-0.2, -0.15) is 0 Å². The van der Waals surface area contributed by atoms with Crippen LogP contribution in [0.3, 0.4) is 0 Å². The maximum atomic E-state index is 11.7. The van der Waals surface area contributed by atoms with Gasteiger partial charge in [-0.3, -0.25) is 9.69 Å². The average Bonchev–Trinajstić information content (AvgIpc) is 2.53. The summed E-state index contributed by atoms with van der Waals surface area (Å²) in [5.41, 5.74) is 1.46. The van der Waals surface area contributed by atoms with Crippen molar-refractivity contribution < 1.29 is 48.9 Å². The molecule has 0 aliphatic carbocycles. The summed E-state index contributed by atoms with van der Waals surface area (Å²) < 4.78 is 9.78. The Morgan fingerprint density at radius 2 is 1.95 bits per heavy atom. The number of nitrogens with zero attached hydrogens (tertiary/aromatic N) is 1. The van der Waals surface area contributed by atoms with Crippen molar-refractivity contribution in [2.45, 2.75) is 12.8 Å². The van der Waals surface area contributed by atoms with Crippen molar-refractivity contribution in [3.8, 4) is 5.75 Å². The molecular formula is C16H20NNaO4. The molecule has 0 atom stereocenters. The number of benzene rings is 1. The minimum Gasteiger partial charge on any atom is -0.616 e. The summed E-state index contributed by atoms with van der Waals surface area (Å²) in [4.78, 5) is 13.8. The van der Waals surface area contributed by atoms with Crippen molar-refractivity contribution in [3.05, 3.63) is 41.3 Å². The van der Waals surface area contributed by atoms with Gasteiger partial charge in [-0.05, 0) is 31.2 Å². The van der Waals surface area contributed by atoms with Crippen LogP contribution < -0.4 is 39.4 Å². The van der Waals surface area contributed by atoms with Crippen molar-refractivity contribution in [2.24, 2.45) is 0 Å². The third-order valence-corrected chi connectivity index (χ3v) is 3.68. The molecule has 0 spiro atoms. The summed E-state index contributed by atoms with van der Waals surface area (Å²) >= 11 is 0. The number of likely N-dealkylation sites (tertiary alicyclic amines) is 1. The number of ether oxygens (including phenoxy) is 2. The Morgan fingerprint density at radius 3 is 2.55 bits per heavy atom. The SMILES string of the molecule is CO/C([O-])=C1\CN(CCc2ccc(OC)cc2)CCC1=O.[Na+]. The van der Waals surface area contributed by atoms with Gasteiger partial charge in [-0.25, -0.2) is 0 Å². The molecule has 0 aromatic heterocycles. The fourth-order valence-corrected chi connectivity index (χ4v) is 2.37. The Kier molecular flexibility index (Phi) is 7.96. The smallest absolute Gasteiger partial charge is 0.616 e. The summed E-state index contributed by atoms with van der Waals surface area (Å²) in [5, 5.41) is 11.5. The number of ketones is 1. The van der Waals surface area contributed by atoms with Crippen LogP contribution >= 0.6 is 0 Å². The van der Waals surface area contributed by atoms with Crippen molar-refractivity contribution in [1.82, 2.24) is 4.90 Å². The standard InChI is InChI=1S/C16H21NO4.Na/c1-20-13-5-3-12(4-6-13)7-9-17-10-8-15(18)14(11-17)16(19)21-2;/h3-6,19H,7-11H2,1-2H3;/q;+1/p-1/b16-14+;. The molecule has 22 heavy (non-hydrogen) atoms. The van der Waals surface area contributed by atoms with Crippen molar-refractivity contribution >= 4 is 5.78 Å². The number of rotatable bonds is 5. The largest absolute Gasteiger partial charge is 1.00 e. The fourth-order valence-electron chi connectivity index (χ4n) is 2.37. The van der Waals surface area contributed by atoms with Gasteiger partial charge >= 0.3 is 29.6 Å². The van der Waals surface area contributed by atoms with E-state index < -0.39 is 5.95 Å². The van der Waals surface area contributed by atoms with E-state index in [1.165, 1.54) is 12.7 Å². The van der Waals surface area contributed by atoms with Gasteiger partial charge in [0, 0.05) is 31.6 Å². The molecule has 0 saturated carbocycles. The Morgan fingerprint density at radius 1 is 1.27 bits per heavy atom. The zero-order chi connectivity index (χ0) is 15.2. The summed E-state index contributed by atoms with van der Waals surface area (Å²) in [5.74, 6) is 0.236. The molecule has 114 valence electrons. The molecule has 0 amide bonds. The zero-order valence-corrected chi connectivity index (χ0v) is 15.4. The monoisotopic (exact) mass is 313 g/mol. The van der Waals surface area contributed by atoms with Crippen molar-refractivity contribution in [2.75, 3.05) is 33.9 Å². The molecule has 0 N–H and O–H groups in total. The topological polar surface area (TPSA) is 61.8 Å². The fraction of sp³-hybridized carbons (Fsp3) is 0.438. The molecule has 1 saturated heterocycles. The number of carbonyl (C=O) groups is 1. The summed E-state index contributed by atoms with van der Waals surface area (Å²) in [6.45, 7) is 1.87. The molecule has 0 bridgehead atoms. The normalized spacial score (nSPS) is 17.6. The number of Topliss-reactive ketones (excluding diaryl/α,β-unsaturated/α-hetero) is 1. The number of hydrogen-bond acceptors (Lipinski definition) is 5. The number of hydrogen-bond donors (Lipinski definition) is 0. The van der Waals surface area contributed by atoms with Gasteiger partial charge in [0.2, 0.25) is 0 Å². The van der Waals surface area contributed by atoms with Gasteiger partial charge in [0.25, 0.3) is 0 Å². The summed E-state index contributed by atoms with van der Waals surface area (Å²) in [6.07, 6.45) is 1.25. The summed E-state index contributed by atoms with van der Waals surface area (Å²) in [7, 11) is 2.95. The van der Waals surface area contributed by atoms with Crippen molar-refractivity contribution in [3.63, 3.8) is 0 Å². The maximum Gasteiger partial charge on any atom is 1.00 e. The van der Waals surface area contributed by atoms with E-state index in [2.05, 4.69) is 9.64 Å². The molecule has 2 rings (SSSR count). The Labute approximate surface area is 153 Å². The molecule has 1 heterocycles. The van der Waals surface area contributed by atoms with Crippen LogP contribution in [-0.4, -0.2) is 44.5 Å². The van der Waals surface area contributed by atoms with Crippen LogP contribution in [-0.2, 0) is 16.0 Å². The molecule has 1 aromatic rings. The summed E-state index contributed by atoms with van der Waals surface area (Å²) in [6, 6.07) is 7.92. The van der Waals surface area contributed by atoms with Gasteiger partial charge in [-0.1, -0.05) is 12.1 Å². The molecule has 0 unspecified atom stereocenters. The van der Waals surface area contributed by atoms with E-state index in [4.69, 9.17) is 4.74 Å². The number of carbonyl (C=O) groups excluding carboxylic acids is 1. The Hall–Kier alpha value is -1.01. The van der Waals surface area contributed by atoms with Crippen LogP contribution in [0.15, 0.2) is 35.8 Å². The average molecular weight is 313 g/mol.